The van der Waals surface area contributed by atoms with E-state index in [1.165, 1.54) is 24.3 Å². The molecule has 80 valence electrons. The van der Waals surface area contributed by atoms with Crippen LogP contribution in [-0.2, 0) is 0 Å². The largest absolute Gasteiger partial charge is 0.362 e. The third-order valence-electron chi connectivity index (χ3n) is 2.70. The predicted molar refractivity (Wildman–Crippen MR) is 67.5 cm³/mol. The Morgan fingerprint density at radius 3 is 3.07 bits per heavy atom. The summed E-state index contributed by atoms with van der Waals surface area (Å²) in [5, 5.41) is 4.56. The molecule has 4 heteroatoms. The van der Waals surface area contributed by atoms with Crippen LogP contribution in [0.2, 0.25) is 0 Å². The van der Waals surface area contributed by atoms with Gasteiger partial charge in [-0.25, -0.2) is 0 Å². The van der Waals surface area contributed by atoms with Gasteiger partial charge in [0.1, 0.15) is 0 Å². The van der Waals surface area contributed by atoms with E-state index in [4.69, 9.17) is 0 Å². The summed E-state index contributed by atoms with van der Waals surface area (Å²) >= 11 is 3.95. The van der Waals surface area contributed by atoms with E-state index in [1.54, 1.807) is 0 Å². The van der Waals surface area contributed by atoms with Crippen LogP contribution in [0.4, 0.5) is 0 Å². The molecule has 0 aromatic carbocycles. The van der Waals surface area contributed by atoms with E-state index in [0.29, 0.717) is 10.8 Å². The van der Waals surface area contributed by atoms with Crippen molar-refractivity contribution in [3.05, 3.63) is 0 Å². The molecule has 2 heterocycles. The lowest BCUT2D eigenvalue weighted by molar-refractivity contribution is 0.617. The molecular weight excluding hydrogens is 212 g/mol. The normalized spacial score (nSPS) is 40.4. The Morgan fingerprint density at radius 2 is 2.50 bits per heavy atom. The van der Waals surface area contributed by atoms with Gasteiger partial charge in [0, 0.05) is 16.5 Å². The summed E-state index contributed by atoms with van der Waals surface area (Å²) in [5.41, 5.74) is 0. The Bertz CT molecular complexity index is 234. The molecule has 2 unspecified atom stereocenters. The van der Waals surface area contributed by atoms with Crippen LogP contribution < -0.4 is 5.32 Å². The SMILES string of the molecule is CC1CSC(=NCC2(C)CCCS2)N1. The predicted octanol–water partition coefficient (Wildman–Crippen LogP) is 2.35. The zero-order valence-corrected chi connectivity index (χ0v) is 10.5. The van der Waals surface area contributed by atoms with Gasteiger partial charge < -0.3 is 5.32 Å². The number of thioether (sulfide) groups is 2. The molecule has 0 amide bonds. The molecule has 0 saturated carbocycles. The molecule has 0 spiro atoms. The maximum atomic E-state index is 4.68. The summed E-state index contributed by atoms with van der Waals surface area (Å²) in [6.07, 6.45) is 2.69. The first kappa shape index (κ1) is 10.7. The number of nitrogens with zero attached hydrogens (tertiary/aromatic N) is 1. The minimum absolute atomic E-state index is 0.418. The van der Waals surface area contributed by atoms with Crippen LogP contribution in [0.1, 0.15) is 26.7 Å². The molecule has 0 radical (unpaired) electrons. The van der Waals surface area contributed by atoms with Crippen molar-refractivity contribution in [1.29, 1.82) is 0 Å². The second-order valence-corrected chi connectivity index (χ2v) is 7.07. The van der Waals surface area contributed by atoms with Crippen LogP contribution in [0.25, 0.3) is 0 Å². The number of rotatable bonds is 2. The van der Waals surface area contributed by atoms with Crippen molar-refractivity contribution < 1.29 is 0 Å². The highest BCUT2D eigenvalue weighted by atomic mass is 32.2. The zero-order valence-electron chi connectivity index (χ0n) is 8.88. The van der Waals surface area contributed by atoms with Gasteiger partial charge in [0.2, 0.25) is 0 Å². The smallest absolute Gasteiger partial charge is 0.156 e. The fraction of sp³-hybridized carbons (Fsp3) is 0.900. The maximum absolute atomic E-state index is 4.68. The third kappa shape index (κ3) is 2.60. The molecule has 2 rings (SSSR count). The minimum atomic E-state index is 0.418. The van der Waals surface area contributed by atoms with Gasteiger partial charge in [0.15, 0.2) is 5.17 Å². The molecule has 0 aromatic rings. The Labute approximate surface area is 94.7 Å². The van der Waals surface area contributed by atoms with Crippen LogP contribution in [0.5, 0.6) is 0 Å². The lowest BCUT2D eigenvalue weighted by atomic mass is 10.1. The lowest BCUT2D eigenvalue weighted by Gasteiger charge is -2.19. The molecule has 2 fully saturated rings. The molecule has 2 saturated heterocycles. The van der Waals surface area contributed by atoms with Crippen LogP contribution in [-0.4, -0.2) is 34.0 Å². The molecule has 14 heavy (non-hydrogen) atoms. The quantitative estimate of drug-likeness (QED) is 0.788. The van der Waals surface area contributed by atoms with Crippen LogP contribution in [0.15, 0.2) is 4.99 Å². The number of amidine groups is 1. The van der Waals surface area contributed by atoms with Gasteiger partial charge in [-0.15, -0.1) is 0 Å². The van der Waals surface area contributed by atoms with Gasteiger partial charge in [-0.3, -0.25) is 4.99 Å². The maximum Gasteiger partial charge on any atom is 0.156 e. The molecule has 2 aliphatic rings. The van der Waals surface area contributed by atoms with Gasteiger partial charge in [-0.1, -0.05) is 11.8 Å². The molecule has 0 aliphatic carbocycles. The lowest BCUT2D eigenvalue weighted by Crippen LogP contribution is -2.26. The van der Waals surface area contributed by atoms with Crippen molar-refractivity contribution in [2.24, 2.45) is 4.99 Å². The minimum Gasteiger partial charge on any atom is -0.362 e. The van der Waals surface area contributed by atoms with Crippen molar-refractivity contribution in [3.63, 3.8) is 0 Å². The average Bonchev–Trinajstić information content (AvgIpc) is 2.73. The van der Waals surface area contributed by atoms with E-state index >= 15 is 0 Å². The summed E-state index contributed by atoms with van der Waals surface area (Å²) < 4.78 is 0.418. The third-order valence-corrected chi connectivity index (χ3v) is 5.41. The van der Waals surface area contributed by atoms with Gasteiger partial charge in [0.25, 0.3) is 0 Å². The first-order valence-corrected chi connectivity index (χ1v) is 7.23. The van der Waals surface area contributed by atoms with Crippen LogP contribution in [0, 0.1) is 0 Å². The summed E-state index contributed by atoms with van der Waals surface area (Å²) in [6, 6.07) is 0.600. The van der Waals surface area contributed by atoms with E-state index in [-0.39, 0.29) is 0 Å². The van der Waals surface area contributed by atoms with Gasteiger partial charge >= 0.3 is 0 Å². The van der Waals surface area contributed by atoms with Gasteiger partial charge in [-0.05, 0) is 32.4 Å². The highest BCUT2D eigenvalue weighted by Gasteiger charge is 2.29. The zero-order chi connectivity index (χ0) is 10.0. The van der Waals surface area contributed by atoms with E-state index in [1.807, 2.05) is 11.8 Å². The molecule has 2 atom stereocenters. The number of aliphatic imine (C=N–C) groups is 1. The second kappa shape index (κ2) is 4.35. The Morgan fingerprint density at radius 1 is 1.64 bits per heavy atom. The molecule has 2 aliphatic heterocycles. The summed E-state index contributed by atoms with van der Waals surface area (Å²) in [7, 11) is 0. The standard InChI is InChI=1S/C10H18N2S2/c1-8-6-13-9(12-8)11-7-10(2)4-3-5-14-10/h8H,3-7H2,1-2H3,(H,11,12). The van der Waals surface area contributed by atoms with E-state index < -0.39 is 0 Å². The Hall–Kier alpha value is 0.170. The summed E-state index contributed by atoms with van der Waals surface area (Å²) in [6.45, 7) is 5.54. The van der Waals surface area contributed by atoms with Crippen LogP contribution >= 0.6 is 23.5 Å². The van der Waals surface area contributed by atoms with Crippen molar-refractivity contribution in [2.75, 3.05) is 18.1 Å². The highest BCUT2D eigenvalue weighted by molar-refractivity contribution is 8.14. The molecular formula is C10H18N2S2. The first-order valence-electron chi connectivity index (χ1n) is 5.26. The number of nitrogens with one attached hydrogen (secondary N) is 1. The molecule has 2 nitrogen and oxygen atoms in total. The first-order chi connectivity index (χ1) is 6.68. The molecule has 0 bridgehead atoms. The summed E-state index contributed by atoms with van der Waals surface area (Å²) in [5.74, 6) is 2.49. The van der Waals surface area contributed by atoms with Gasteiger partial charge in [0.05, 0.1) is 6.54 Å². The van der Waals surface area contributed by atoms with E-state index in [9.17, 15) is 0 Å². The van der Waals surface area contributed by atoms with Crippen molar-refractivity contribution in [2.45, 2.75) is 37.5 Å². The Kier molecular flexibility index (Phi) is 3.32. The highest BCUT2D eigenvalue weighted by Crippen LogP contribution is 2.38. The average molecular weight is 230 g/mol. The van der Waals surface area contributed by atoms with E-state index in [2.05, 4.69) is 35.9 Å². The van der Waals surface area contributed by atoms with E-state index in [0.717, 1.165) is 11.7 Å². The van der Waals surface area contributed by atoms with Crippen molar-refractivity contribution in [3.8, 4) is 0 Å². The topological polar surface area (TPSA) is 24.4 Å². The van der Waals surface area contributed by atoms with Crippen molar-refractivity contribution in [1.82, 2.24) is 5.32 Å². The summed E-state index contributed by atoms with van der Waals surface area (Å²) in [4.78, 5) is 4.68. The van der Waals surface area contributed by atoms with Crippen molar-refractivity contribution >= 4 is 28.7 Å². The Balaban J connectivity index is 1.86. The van der Waals surface area contributed by atoms with Gasteiger partial charge in [-0.2, -0.15) is 11.8 Å². The fourth-order valence-electron chi connectivity index (χ4n) is 1.79. The fourth-order valence-corrected chi connectivity index (χ4v) is 3.95. The monoisotopic (exact) mass is 230 g/mol. The molecule has 0 aromatic heterocycles. The van der Waals surface area contributed by atoms with Crippen LogP contribution in [0.3, 0.4) is 0 Å². The number of hydrogen-bond donors (Lipinski definition) is 1. The molecule has 1 N–H and O–H groups in total. The second-order valence-electron chi connectivity index (χ2n) is 4.38. The number of hydrogen-bond acceptors (Lipinski definition) is 3.